The summed E-state index contributed by atoms with van der Waals surface area (Å²) in [5.74, 6) is -0.925. The summed E-state index contributed by atoms with van der Waals surface area (Å²) in [4.78, 5) is 29.0. The van der Waals surface area contributed by atoms with E-state index >= 15 is 0 Å². The zero-order chi connectivity index (χ0) is 18.2. The smallest absolute Gasteiger partial charge is 0.337 e. The number of H-pyrrole nitrogens is 1. The summed E-state index contributed by atoms with van der Waals surface area (Å²) in [7, 11) is 0. The van der Waals surface area contributed by atoms with E-state index in [0.29, 0.717) is 5.69 Å². The number of hydrogen-bond acceptors (Lipinski definition) is 4. The monoisotopic (exact) mass is 327 g/mol. The molecule has 126 valence electrons. The summed E-state index contributed by atoms with van der Waals surface area (Å²) in [5.41, 5.74) is 2.03. The number of rotatable bonds is 1. The number of carboxylic acids is 1. The van der Waals surface area contributed by atoms with Gasteiger partial charge in [0.1, 0.15) is 6.79 Å². The molecule has 0 bridgehead atoms. The predicted molar refractivity (Wildman–Crippen MR) is 92.8 cm³/mol. The van der Waals surface area contributed by atoms with Crippen LogP contribution in [0.3, 0.4) is 0 Å². The van der Waals surface area contributed by atoms with Gasteiger partial charge in [-0.3, -0.25) is 9.97 Å². The third-order valence-electron chi connectivity index (χ3n) is 2.56. The summed E-state index contributed by atoms with van der Waals surface area (Å²) >= 11 is 0. The van der Waals surface area contributed by atoms with E-state index in [-0.39, 0.29) is 5.56 Å². The normalized spacial score (nSPS) is 8.25. The minimum Gasteiger partial charge on any atom is -0.478 e. The second-order valence-electron chi connectivity index (χ2n) is 4.32. The van der Waals surface area contributed by atoms with Gasteiger partial charge in [-0.2, -0.15) is 0 Å². The number of carbonyl (C=O) groups excluding carboxylic acids is 1. The zero-order valence-corrected chi connectivity index (χ0v) is 13.7. The Kier molecular flexibility index (Phi) is 11.6. The highest BCUT2D eigenvalue weighted by molar-refractivity contribution is 5.88. The van der Waals surface area contributed by atoms with Gasteiger partial charge in [0.05, 0.1) is 11.3 Å². The van der Waals surface area contributed by atoms with Crippen LogP contribution in [0.4, 0.5) is 0 Å². The number of aromatic carboxylic acids is 1. The number of carbonyl (C=O) groups is 2. The Morgan fingerprint density at radius 3 is 1.92 bits per heavy atom. The molecule has 0 unspecified atom stereocenters. The lowest BCUT2D eigenvalue weighted by atomic mass is 10.2. The van der Waals surface area contributed by atoms with Crippen molar-refractivity contribution in [3.63, 3.8) is 0 Å². The van der Waals surface area contributed by atoms with Crippen LogP contribution in [0.15, 0.2) is 67.3 Å². The first kappa shape index (κ1) is 20.7. The van der Waals surface area contributed by atoms with E-state index in [1.54, 1.807) is 31.6 Å². The van der Waals surface area contributed by atoms with Crippen molar-refractivity contribution in [3.05, 3.63) is 84.2 Å². The fraction of sp³-hybridized carbons (Fsp3) is 0.111. The van der Waals surface area contributed by atoms with E-state index in [1.165, 1.54) is 11.8 Å². The number of nitrogens with zero attached hydrogens (tertiary/aromatic N) is 2. The molecule has 3 heterocycles. The Balaban J connectivity index is 0.000000328. The molecule has 2 N–H and O–H groups in total. The summed E-state index contributed by atoms with van der Waals surface area (Å²) in [5, 5.41) is 8.53. The third kappa shape index (κ3) is 9.62. The molecule has 0 aromatic carbocycles. The molecule has 0 atom stereocenters. The van der Waals surface area contributed by atoms with Crippen LogP contribution >= 0.6 is 0 Å². The van der Waals surface area contributed by atoms with Gasteiger partial charge in [-0.1, -0.05) is 6.07 Å². The highest BCUT2D eigenvalue weighted by atomic mass is 16.4. The molecule has 0 amide bonds. The van der Waals surface area contributed by atoms with Crippen LogP contribution in [-0.2, 0) is 4.79 Å². The topological polar surface area (TPSA) is 95.9 Å². The predicted octanol–water partition coefficient (Wildman–Crippen LogP) is 3.31. The Bertz CT molecular complexity index is 644. The molecule has 3 rings (SSSR count). The van der Waals surface area contributed by atoms with Crippen molar-refractivity contribution in [2.24, 2.45) is 0 Å². The third-order valence-corrected chi connectivity index (χ3v) is 2.56. The van der Waals surface area contributed by atoms with Crippen molar-refractivity contribution in [3.8, 4) is 0 Å². The second kappa shape index (κ2) is 13.4. The second-order valence-corrected chi connectivity index (χ2v) is 4.32. The van der Waals surface area contributed by atoms with Crippen LogP contribution in [0.5, 0.6) is 0 Å². The average molecular weight is 327 g/mol. The summed E-state index contributed by atoms with van der Waals surface area (Å²) in [6.45, 7) is 5.70. The maximum Gasteiger partial charge on any atom is 0.337 e. The Morgan fingerprint density at radius 2 is 1.67 bits per heavy atom. The molecule has 6 heteroatoms. The van der Waals surface area contributed by atoms with Crippen LogP contribution in [0, 0.1) is 13.8 Å². The SMILES string of the molecule is C=O.Cc1ccc[nH]1.Cc1ncccc1C(=O)O.c1ccncc1. The highest BCUT2D eigenvalue weighted by Gasteiger charge is 2.04. The average Bonchev–Trinajstić information content (AvgIpc) is 3.10. The number of carboxylic acid groups (broad SMARTS) is 1. The fourth-order valence-corrected chi connectivity index (χ4v) is 1.44. The minimum absolute atomic E-state index is 0.266. The van der Waals surface area contributed by atoms with E-state index in [1.807, 2.05) is 50.2 Å². The Morgan fingerprint density at radius 1 is 1.00 bits per heavy atom. The minimum atomic E-state index is -0.925. The molecule has 3 aromatic rings. The quantitative estimate of drug-likeness (QED) is 0.715. The fourth-order valence-electron chi connectivity index (χ4n) is 1.44. The van der Waals surface area contributed by atoms with E-state index in [2.05, 4.69) is 15.0 Å². The molecule has 0 saturated carbocycles. The Hall–Kier alpha value is -3.28. The molecule has 0 radical (unpaired) electrons. The number of aryl methyl sites for hydroxylation is 2. The van der Waals surface area contributed by atoms with Crippen LogP contribution in [-0.4, -0.2) is 32.8 Å². The van der Waals surface area contributed by atoms with Gasteiger partial charge in [-0.05, 0) is 50.2 Å². The van der Waals surface area contributed by atoms with Gasteiger partial charge in [0.15, 0.2) is 0 Å². The molecular weight excluding hydrogens is 306 g/mol. The number of aromatic amines is 1. The van der Waals surface area contributed by atoms with Crippen LogP contribution in [0.1, 0.15) is 21.7 Å². The molecule has 0 spiro atoms. The van der Waals surface area contributed by atoms with Gasteiger partial charge in [0.25, 0.3) is 0 Å². The van der Waals surface area contributed by atoms with Crippen LogP contribution in [0.2, 0.25) is 0 Å². The highest BCUT2D eigenvalue weighted by Crippen LogP contribution is 2.01. The van der Waals surface area contributed by atoms with Crippen molar-refractivity contribution in [1.82, 2.24) is 15.0 Å². The first-order valence-electron chi connectivity index (χ1n) is 7.00. The van der Waals surface area contributed by atoms with Crippen molar-refractivity contribution in [2.75, 3.05) is 0 Å². The van der Waals surface area contributed by atoms with Crippen molar-refractivity contribution < 1.29 is 14.7 Å². The molecule has 6 nitrogen and oxygen atoms in total. The van der Waals surface area contributed by atoms with E-state index in [9.17, 15) is 4.79 Å². The van der Waals surface area contributed by atoms with Gasteiger partial charge in [0, 0.05) is 30.5 Å². The maximum absolute atomic E-state index is 10.4. The molecule has 0 saturated heterocycles. The first-order valence-corrected chi connectivity index (χ1v) is 7.00. The summed E-state index contributed by atoms with van der Waals surface area (Å²) in [6.07, 6.45) is 6.98. The number of pyridine rings is 2. The molecule has 3 aromatic heterocycles. The number of aromatic nitrogens is 3. The zero-order valence-electron chi connectivity index (χ0n) is 13.7. The van der Waals surface area contributed by atoms with Crippen molar-refractivity contribution in [2.45, 2.75) is 13.8 Å². The van der Waals surface area contributed by atoms with Crippen LogP contribution < -0.4 is 0 Å². The summed E-state index contributed by atoms with van der Waals surface area (Å²) < 4.78 is 0. The van der Waals surface area contributed by atoms with E-state index in [4.69, 9.17) is 9.90 Å². The van der Waals surface area contributed by atoms with Crippen molar-refractivity contribution in [1.29, 1.82) is 0 Å². The standard InChI is InChI=1S/C7H7NO2.C5H7N.C5H5N.CH2O/c1-5-6(7(9)10)3-2-4-8-5;1-5-3-2-4-6-5;1-2-4-6-5-3-1;1-2/h2-4H,1H3,(H,9,10);2-4,6H,1H3;1-5H;1H2. The molecular formula is C18H21N3O3. The van der Waals surface area contributed by atoms with E-state index < -0.39 is 5.97 Å². The van der Waals surface area contributed by atoms with Gasteiger partial charge in [-0.25, -0.2) is 4.79 Å². The first-order chi connectivity index (χ1) is 11.6. The molecule has 24 heavy (non-hydrogen) atoms. The maximum atomic E-state index is 10.4. The lowest BCUT2D eigenvalue weighted by molar-refractivity contribution is -0.0980. The lowest BCUT2D eigenvalue weighted by Crippen LogP contribution is -2.00. The van der Waals surface area contributed by atoms with Gasteiger partial charge in [0.2, 0.25) is 0 Å². The van der Waals surface area contributed by atoms with E-state index in [0.717, 1.165) is 0 Å². The molecule has 0 aliphatic rings. The van der Waals surface area contributed by atoms with Crippen molar-refractivity contribution >= 4 is 12.8 Å². The van der Waals surface area contributed by atoms with Gasteiger partial charge < -0.3 is 14.9 Å². The lowest BCUT2D eigenvalue weighted by Gasteiger charge is -1.95. The largest absolute Gasteiger partial charge is 0.478 e. The Labute approximate surface area is 141 Å². The van der Waals surface area contributed by atoms with Gasteiger partial charge >= 0.3 is 5.97 Å². The number of nitrogens with one attached hydrogen (secondary N) is 1. The summed E-state index contributed by atoms with van der Waals surface area (Å²) in [6, 6.07) is 12.9. The molecule has 0 fully saturated rings. The molecule has 0 aliphatic carbocycles. The number of hydrogen-bond donors (Lipinski definition) is 2. The molecule has 0 aliphatic heterocycles. The van der Waals surface area contributed by atoms with Gasteiger partial charge in [-0.15, -0.1) is 0 Å². The van der Waals surface area contributed by atoms with Crippen LogP contribution in [0.25, 0.3) is 0 Å².